The quantitative estimate of drug-likeness (QED) is 0.320. The zero-order valence-corrected chi connectivity index (χ0v) is 20.6. The van der Waals surface area contributed by atoms with Gasteiger partial charge in [-0.05, 0) is 78.4 Å². The van der Waals surface area contributed by atoms with Crippen LogP contribution in [0.3, 0.4) is 0 Å². The lowest BCUT2D eigenvalue weighted by atomic mass is 10.0. The van der Waals surface area contributed by atoms with Crippen LogP contribution in [0.1, 0.15) is 24.8 Å². The van der Waals surface area contributed by atoms with Crippen LogP contribution >= 0.6 is 0 Å². The van der Waals surface area contributed by atoms with Crippen LogP contribution in [-0.4, -0.2) is 38.4 Å². The van der Waals surface area contributed by atoms with E-state index in [2.05, 4.69) is 88.1 Å². The van der Waals surface area contributed by atoms with Gasteiger partial charge in [-0.3, -0.25) is 4.79 Å². The number of imidazole rings is 1. The van der Waals surface area contributed by atoms with Crippen LogP contribution in [0.4, 0.5) is 0 Å². The zero-order chi connectivity index (χ0) is 24.2. The molecular formula is C31H30N4O. The van der Waals surface area contributed by atoms with E-state index in [1.54, 1.807) is 0 Å². The van der Waals surface area contributed by atoms with Crippen LogP contribution in [0.15, 0.2) is 72.9 Å². The van der Waals surface area contributed by atoms with Gasteiger partial charge in [0, 0.05) is 42.8 Å². The summed E-state index contributed by atoms with van der Waals surface area (Å²) in [4.78, 5) is 23.1. The van der Waals surface area contributed by atoms with E-state index in [4.69, 9.17) is 4.98 Å². The maximum Gasteiger partial charge on any atom is 0.225 e. The molecule has 1 saturated heterocycles. The smallest absolute Gasteiger partial charge is 0.225 e. The number of aryl methyl sites for hydroxylation is 1. The fraction of sp³-hybridized carbons (Fsp3) is 0.290. The second kappa shape index (κ2) is 8.37. The van der Waals surface area contributed by atoms with Gasteiger partial charge < -0.3 is 14.5 Å². The van der Waals surface area contributed by atoms with E-state index in [1.165, 1.54) is 27.6 Å². The predicted octanol–water partition coefficient (Wildman–Crippen LogP) is 6.42. The molecule has 36 heavy (non-hydrogen) atoms. The van der Waals surface area contributed by atoms with Gasteiger partial charge in [-0.25, -0.2) is 4.98 Å². The Labute approximate surface area is 210 Å². The average molecular weight is 475 g/mol. The fourth-order valence-corrected chi connectivity index (χ4v) is 5.77. The van der Waals surface area contributed by atoms with Crippen LogP contribution in [0.5, 0.6) is 0 Å². The molecule has 5 aromatic rings. The maximum absolute atomic E-state index is 12.6. The number of fused-ring (bicyclic) bond motifs is 2. The van der Waals surface area contributed by atoms with Gasteiger partial charge in [-0.2, -0.15) is 0 Å². The second-order valence-corrected chi connectivity index (χ2v) is 10.6. The third-order valence-corrected chi connectivity index (χ3v) is 7.98. The first-order valence-corrected chi connectivity index (χ1v) is 13.1. The van der Waals surface area contributed by atoms with Crippen LogP contribution in [-0.2, 0) is 11.3 Å². The highest BCUT2D eigenvalue weighted by Crippen LogP contribution is 2.35. The van der Waals surface area contributed by atoms with E-state index in [0.717, 1.165) is 61.3 Å². The first-order valence-electron chi connectivity index (χ1n) is 13.1. The summed E-state index contributed by atoms with van der Waals surface area (Å²) < 4.78 is 2.39. The third kappa shape index (κ3) is 3.70. The second-order valence-electron chi connectivity index (χ2n) is 10.6. The number of aromatic amines is 1. The van der Waals surface area contributed by atoms with Crippen molar-refractivity contribution in [3.05, 3.63) is 78.5 Å². The normalized spacial score (nSPS) is 17.9. The lowest BCUT2D eigenvalue weighted by molar-refractivity contribution is -0.131. The molecular weight excluding hydrogens is 444 g/mol. The standard InChI is InChI=1S/C31H30N4O/c1-20-3-2-4-28-29(20)33-30(35(28)19-21-14-16-34(18-21)31(36)24-9-10-24)23-7-5-22(6-8-23)25-11-12-27-26(17-25)13-15-32-27/h2-8,11-13,15,17,21,24,32H,9-10,14,16,18-19H2,1H3. The Hall–Kier alpha value is -3.86. The van der Waals surface area contributed by atoms with Crippen LogP contribution in [0, 0.1) is 18.8 Å². The van der Waals surface area contributed by atoms with Crippen molar-refractivity contribution in [3.63, 3.8) is 0 Å². The molecule has 7 rings (SSSR count). The van der Waals surface area contributed by atoms with E-state index in [0.29, 0.717) is 17.7 Å². The van der Waals surface area contributed by atoms with Crippen molar-refractivity contribution in [3.8, 4) is 22.5 Å². The van der Waals surface area contributed by atoms with Crippen molar-refractivity contribution in [1.29, 1.82) is 0 Å². The van der Waals surface area contributed by atoms with Gasteiger partial charge in [0.1, 0.15) is 5.82 Å². The van der Waals surface area contributed by atoms with E-state index >= 15 is 0 Å². The number of carbonyl (C=O) groups is 1. The van der Waals surface area contributed by atoms with Crippen molar-refractivity contribution in [2.75, 3.05) is 13.1 Å². The van der Waals surface area contributed by atoms with Crippen molar-refractivity contribution in [1.82, 2.24) is 19.4 Å². The van der Waals surface area contributed by atoms with E-state index < -0.39 is 0 Å². The lowest BCUT2D eigenvalue weighted by Gasteiger charge is -2.18. The first kappa shape index (κ1) is 21.4. The molecule has 0 spiro atoms. The number of benzene rings is 3. The highest BCUT2D eigenvalue weighted by atomic mass is 16.2. The Morgan fingerprint density at radius 1 is 0.972 bits per heavy atom. The first-order chi connectivity index (χ1) is 17.6. The molecule has 2 aliphatic rings. The van der Waals surface area contributed by atoms with Gasteiger partial charge in [-0.15, -0.1) is 0 Å². The molecule has 180 valence electrons. The fourth-order valence-electron chi connectivity index (χ4n) is 5.77. The molecule has 1 N–H and O–H groups in total. The summed E-state index contributed by atoms with van der Waals surface area (Å²) in [7, 11) is 0. The molecule has 5 nitrogen and oxygen atoms in total. The Balaban J connectivity index is 1.22. The summed E-state index contributed by atoms with van der Waals surface area (Å²) in [5, 5.41) is 1.22. The molecule has 1 saturated carbocycles. The summed E-state index contributed by atoms with van der Waals surface area (Å²) in [6, 6.07) is 23.9. The minimum absolute atomic E-state index is 0.299. The largest absolute Gasteiger partial charge is 0.361 e. The van der Waals surface area contributed by atoms with Gasteiger partial charge in [0.2, 0.25) is 5.91 Å². The van der Waals surface area contributed by atoms with Crippen molar-refractivity contribution >= 4 is 27.8 Å². The van der Waals surface area contributed by atoms with Crippen LogP contribution < -0.4 is 0 Å². The minimum atomic E-state index is 0.299. The van der Waals surface area contributed by atoms with Gasteiger partial charge in [0.25, 0.3) is 0 Å². The molecule has 1 unspecified atom stereocenters. The van der Waals surface area contributed by atoms with Crippen LogP contribution in [0.2, 0.25) is 0 Å². The molecule has 2 fully saturated rings. The molecule has 5 heteroatoms. The third-order valence-electron chi connectivity index (χ3n) is 7.98. The Morgan fingerprint density at radius 3 is 2.61 bits per heavy atom. The summed E-state index contributed by atoms with van der Waals surface area (Å²) >= 11 is 0. The van der Waals surface area contributed by atoms with Crippen molar-refractivity contribution < 1.29 is 4.79 Å². The number of nitrogens with zero attached hydrogens (tertiary/aromatic N) is 3. The Morgan fingerprint density at radius 2 is 1.78 bits per heavy atom. The predicted molar refractivity (Wildman–Crippen MR) is 145 cm³/mol. The number of likely N-dealkylation sites (tertiary alicyclic amines) is 1. The number of amides is 1. The highest BCUT2D eigenvalue weighted by Gasteiger charge is 2.36. The van der Waals surface area contributed by atoms with Crippen molar-refractivity contribution in [2.45, 2.75) is 32.7 Å². The SMILES string of the molecule is Cc1cccc2c1nc(-c1ccc(-c3ccc4[nH]ccc4c3)cc1)n2CC1CCN(C(=O)C2CC2)C1. The molecule has 2 aromatic heterocycles. The highest BCUT2D eigenvalue weighted by molar-refractivity contribution is 5.86. The molecule has 1 amide bonds. The van der Waals surface area contributed by atoms with Gasteiger partial charge in [0.15, 0.2) is 0 Å². The van der Waals surface area contributed by atoms with E-state index in [9.17, 15) is 4.79 Å². The molecule has 0 bridgehead atoms. The Bertz CT molecular complexity index is 1590. The number of rotatable bonds is 5. The number of aromatic nitrogens is 3. The van der Waals surface area contributed by atoms with Gasteiger partial charge in [-0.1, -0.05) is 42.5 Å². The van der Waals surface area contributed by atoms with E-state index in [-0.39, 0.29) is 0 Å². The summed E-state index contributed by atoms with van der Waals surface area (Å²) in [6.07, 6.45) is 5.19. The number of nitrogens with one attached hydrogen (secondary N) is 1. The topological polar surface area (TPSA) is 53.9 Å². The molecule has 3 aromatic carbocycles. The number of hydrogen-bond donors (Lipinski definition) is 1. The molecule has 0 radical (unpaired) electrons. The number of hydrogen-bond acceptors (Lipinski definition) is 2. The lowest BCUT2D eigenvalue weighted by Crippen LogP contribution is -2.30. The van der Waals surface area contributed by atoms with Crippen molar-refractivity contribution in [2.24, 2.45) is 11.8 Å². The summed E-state index contributed by atoms with van der Waals surface area (Å²) in [5.41, 5.74) is 8.14. The van der Waals surface area contributed by atoms with Crippen LogP contribution in [0.25, 0.3) is 44.5 Å². The van der Waals surface area contributed by atoms with Gasteiger partial charge >= 0.3 is 0 Å². The zero-order valence-electron chi connectivity index (χ0n) is 20.6. The minimum Gasteiger partial charge on any atom is -0.361 e. The number of para-hydroxylation sites is 1. The molecule has 1 atom stereocenters. The van der Waals surface area contributed by atoms with E-state index in [1.807, 2.05) is 6.20 Å². The molecule has 1 aliphatic heterocycles. The molecule has 1 aliphatic carbocycles. The Kier molecular flexibility index (Phi) is 4.98. The maximum atomic E-state index is 12.6. The monoisotopic (exact) mass is 474 g/mol. The number of H-pyrrole nitrogens is 1. The summed E-state index contributed by atoms with van der Waals surface area (Å²) in [6.45, 7) is 4.77. The molecule has 3 heterocycles. The summed E-state index contributed by atoms with van der Waals surface area (Å²) in [5.74, 6) is 2.14. The number of carbonyl (C=O) groups excluding carboxylic acids is 1. The average Bonchev–Trinajstić information content (AvgIpc) is 3.30. The van der Waals surface area contributed by atoms with Gasteiger partial charge in [0.05, 0.1) is 11.0 Å².